The summed E-state index contributed by atoms with van der Waals surface area (Å²) in [5.74, 6) is -0.928. The fourth-order valence-corrected chi connectivity index (χ4v) is 5.93. The highest BCUT2D eigenvalue weighted by molar-refractivity contribution is 7.92. The number of halogens is 1. The molecule has 1 atom stereocenters. The fourth-order valence-electron chi connectivity index (χ4n) is 4.21. The van der Waals surface area contributed by atoms with Crippen LogP contribution in [0.25, 0.3) is 0 Å². The van der Waals surface area contributed by atoms with Crippen molar-refractivity contribution in [2.75, 3.05) is 15.8 Å². The van der Waals surface area contributed by atoms with E-state index in [1.807, 2.05) is 6.92 Å². The number of esters is 1. The van der Waals surface area contributed by atoms with Crippen LogP contribution >= 0.6 is 11.6 Å². The van der Waals surface area contributed by atoms with Gasteiger partial charge in [-0.2, -0.15) is 4.98 Å². The maximum atomic E-state index is 13.6. The molecule has 2 aromatic carbocycles. The Bertz CT molecular complexity index is 1540. The number of nitrogen functional groups attached to an aromatic ring is 1. The molecule has 3 aromatic rings. The summed E-state index contributed by atoms with van der Waals surface area (Å²) in [6.07, 6.45) is 0. The predicted molar refractivity (Wildman–Crippen MR) is 159 cm³/mol. The SMILES string of the molecule is Cc1cc(C)c(S(=O)(=O)Nc2cc(CNc3cc(Cl)nc(N)n3)ccc2C(=O)N[C@@H](C)C(=O)OC(C)(C)C)c(C)c1. The van der Waals surface area contributed by atoms with Gasteiger partial charge in [-0.25, -0.2) is 18.2 Å². The highest BCUT2D eigenvalue weighted by atomic mass is 35.5. The van der Waals surface area contributed by atoms with Crippen LogP contribution in [0.3, 0.4) is 0 Å². The molecule has 0 bridgehead atoms. The molecular formula is C28H35ClN6O5S. The Morgan fingerprint density at radius 2 is 1.68 bits per heavy atom. The maximum Gasteiger partial charge on any atom is 0.328 e. The second-order valence-corrected chi connectivity index (χ2v) is 12.7. The first-order valence-electron chi connectivity index (χ1n) is 12.8. The van der Waals surface area contributed by atoms with Crippen LogP contribution in [0.15, 0.2) is 41.3 Å². The molecule has 0 unspecified atom stereocenters. The third-order valence-corrected chi connectivity index (χ3v) is 7.60. The lowest BCUT2D eigenvalue weighted by Gasteiger charge is -2.23. The number of hydrogen-bond donors (Lipinski definition) is 4. The van der Waals surface area contributed by atoms with Gasteiger partial charge in [-0.05, 0) is 77.3 Å². The van der Waals surface area contributed by atoms with Crippen LogP contribution < -0.4 is 21.1 Å². The summed E-state index contributed by atoms with van der Waals surface area (Å²) >= 11 is 5.95. The first kappa shape index (κ1) is 31.6. The largest absolute Gasteiger partial charge is 0.458 e. The van der Waals surface area contributed by atoms with Crippen molar-refractivity contribution < 1.29 is 22.7 Å². The predicted octanol–water partition coefficient (Wildman–Crippen LogP) is 4.51. The molecule has 5 N–H and O–H groups in total. The van der Waals surface area contributed by atoms with Crippen molar-refractivity contribution in [3.05, 3.63) is 69.4 Å². The van der Waals surface area contributed by atoms with E-state index >= 15 is 0 Å². The van der Waals surface area contributed by atoms with Gasteiger partial charge in [0.2, 0.25) is 5.95 Å². The molecule has 0 fully saturated rings. The summed E-state index contributed by atoms with van der Waals surface area (Å²) in [5.41, 5.74) is 7.63. The molecule has 0 aliphatic heterocycles. The molecule has 13 heteroatoms. The van der Waals surface area contributed by atoms with Gasteiger partial charge in [0, 0.05) is 12.6 Å². The average molecular weight is 603 g/mol. The number of sulfonamides is 1. The molecule has 0 aliphatic rings. The van der Waals surface area contributed by atoms with Gasteiger partial charge in [-0.3, -0.25) is 9.52 Å². The Balaban J connectivity index is 1.97. The third-order valence-electron chi connectivity index (χ3n) is 5.74. The molecule has 41 heavy (non-hydrogen) atoms. The monoisotopic (exact) mass is 602 g/mol. The molecule has 0 radical (unpaired) electrons. The van der Waals surface area contributed by atoms with E-state index in [1.54, 1.807) is 52.8 Å². The first-order valence-corrected chi connectivity index (χ1v) is 14.6. The Kier molecular flexibility index (Phi) is 9.50. The number of rotatable bonds is 9. The molecule has 0 spiro atoms. The van der Waals surface area contributed by atoms with Gasteiger partial charge in [-0.15, -0.1) is 0 Å². The van der Waals surface area contributed by atoms with Crippen molar-refractivity contribution >= 4 is 51.0 Å². The van der Waals surface area contributed by atoms with E-state index < -0.39 is 33.5 Å². The number of aromatic nitrogens is 2. The Morgan fingerprint density at radius 1 is 1.05 bits per heavy atom. The minimum Gasteiger partial charge on any atom is -0.458 e. The smallest absolute Gasteiger partial charge is 0.328 e. The number of nitrogens with one attached hydrogen (secondary N) is 3. The van der Waals surface area contributed by atoms with Crippen LogP contribution in [0, 0.1) is 20.8 Å². The minimum absolute atomic E-state index is 0.0107. The topological polar surface area (TPSA) is 165 Å². The minimum atomic E-state index is -4.11. The van der Waals surface area contributed by atoms with Gasteiger partial charge in [0.05, 0.1) is 16.1 Å². The normalized spacial score (nSPS) is 12.4. The van der Waals surface area contributed by atoms with E-state index in [1.165, 1.54) is 25.1 Å². The summed E-state index contributed by atoms with van der Waals surface area (Å²) in [4.78, 5) is 33.8. The molecular weight excluding hydrogens is 568 g/mol. The van der Waals surface area contributed by atoms with Gasteiger partial charge in [0.25, 0.3) is 15.9 Å². The zero-order valence-corrected chi connectivity index (χ0v) is 25.6. The molecule has 1 heterocycles. The van der Waals surface area contributed by atoms with Crippen LogP contribution in [0.5, 0.6) is 0 Å². The summed E-state index contributed by atoms with van der Waals surface area (Å²) < 4.78 is 35.1. The lowest BCUT2D eigenvalue weighted by molar-refractivity contribution is -0.156. The van der Waals surface area contributed by atoms with Gasteiger partial charge in [0.1, 0.15) is 22.6 Å². The van der Waals surface area contributed by atoms with Crippen LogP contribution in [0.2, 0.25) is 5.15 Å². The molecule has 0 saturated heterocycles. The Labute approximate surface area is 245 Å². The van der Waals surface area contributed by atoms with E-state index in [0.29, 0.717) is 22.5 Å². The summed E-state index contributed by atoms with van der Waals surface area (Å²) in [5, 5.41) is 5.80. The number of hydrogen-bond acceptors (Lipinski definition) is 9. The molecule has 0 aliphatic carbocycles. The number of benzene rings is 2. The summed E-state index contributed by atoms with van der Waals surface area (Å²) in [6, 6.07) is 8.71. The number of nitrogens with two attached hydrogens (primary N) is 1. The average Bonchev–Trinajstić information content (AvgIpc) is 2.80. The van der Waals surface area contributed by atoms with E-state index in [2.05, 4.69) is 25.3 Å². The van der Waals surface area contributed by atoms with Gasteiger partial charge in [0.15, 0.2) is 0 Å². The van der Waals surface area contributed by atoms with Crippen molar-refractivity contribution in [1.82, 2.24) is 15.3 Å². The molecule has 0 saturated carbocycles. The first-order chi connectivity index (χ1) is 18.9. The highest BCUT2D eigenvalue weighted by Crippen LogP contribution is 2.27. The van der Waals surface area contributed by atoms with Crippen LogP contribution in [0.4, 0.5) is 17.5 Å². The van der Waals surface area contributed by atoms with Crippen LogP contribution in [-0.4, -0.2) is 41.9 Å². The summed E-state index contributed by atoms with van der Waals surface area (Å²) in [6.45, 7) is 12.2. The van der Waals surface area contributed by atoms with E-state index in [0.717, 1.165) is 5.56 Å². The molecule has 1 aromatic heterocycles. The molecule has 3 rings (SSSR count). The van der Waals surface area contributed by atoms with Crippen LogP contribution in [-0.2, 0) is 26.1 Å². The zero-order valence-electron chi connectivity index (χ0n) is 24.0. The van der Waals surface area contributed by atoms with E-state index in [4.69, 9.17) is 22.1 Å². The second-order valence-electron chi connectivity index (χ2n) is 10.7. The van der Waals surface area contributed by atoms with Crippen molar-refractivity contribution in [3.8, 4) is 0 Å². The van der Waals surface area contributed by atoms with Crippen molar-refractivity contribution in [3.63, 3.8) is 0 Å². The third kappa shape index (κ3) is 8.54. The summed E-state index contributed by atoms with van der Waals surface area (Å²) in [7, 11) is -4.11. The van der Waals surface area contributed by atoms with E-state index in [9.17, 15) is 18.0 Å². The fraction of sp³-hybridized carbons (Fsp3) is 0.357. The molecule has 11 nitrogen and oxygen atoms in total. The maximum absolute atomic E-state index is 13.6. The quantitative estimate of drug-likeness (QED) is 0.203. The number of carbonyl (C=O) groups excluding carboxylic acids is 2. The lowest BCUT2D eigenvalue weighted by atomic mass is 10.1. The standard InChI is InChI=1S/C28H35ClN6O5S/c1-15-10-16(2)24(17(3)11-15)41(38,39)35-21-12-19(14-31-23-13-22(29)33-27(30)34-23)8-9-20(21)25(36)32-18(4)26(37)40-28(5,6)7/h8-13,18,35H,14H2,1-7H3,(H,32,36)(H3,30,31,33,34)/t18-/m0/s1. The number of amides is 1. The number of anilines is 3. The number of aryl methyl sites for hydroxylation is 3. The number of nitrogens with zero attached hydrogens (tertiary/aromatic N) is 2. The zero-order chi connectivity index (χ0) is 30.7. The highest BCUT2D eigenvalue weighted by Gasteiger charge is 2.26. The van der Waals surface area contributed by atoms with Crippen LogP contribution in [0.1, 0.15) is 60.3 Å². The Hall–Kier alpha value is -3.90. The number of ether oxygens (including phenoxy) is 1. The van der Waals surface area contributed by atoms with Crippen molar-refractivity contribution in [2.24, 2.45) is 0 Å². The van der Waals surface area contributed by atoms with Gasteiger partial charge in [-0.1, -0.05) is 35.4 Å². The van der Waals surface area contributed by atoms with Crippen molar-refractivity contribution in [2.45, 2.75) is 71.5 Å². The molecule has 220 valence electrons. The van der Waals surface area contributed by atoms with Gasteiger partial charge >= 0.3 is 5.97 Å². The number of carbonyl (C=O) groups is 2. The molecule has 1 amide bonds. The van der Waals surface area contributed by atoms with Gasteiger partial charge < -0.3 is 21.1 Å². The lowest BCUT2D eigenvalue weighted by Crippen LogP contribution is -2.42. The van der Waals surface area contributed by atoms with E-state index in [-0.39, 0.29) is 33.8 Å². The van der Waals surface area contributed by atoms with Crippen molar-refractivity contribution in [1.29, 1.82) is 0 Å². The Morgan fingerprint density at radius 3 is 2.27 bits per heavy atom. The second kappa shape index (κ2) is 12.3.